The third-order valence-electron chi connectivity index (χ3n) is 4.76. The topological polar surface area (TPSA) is 52.6 Å². The summed E-state index contributed by atoms with van der Waals surface area (Å²) in [6.07, 6.45) is 0.732. The van der Waals surface area contributed by atoms with Gasteiger partial charge in [0.2, 0.25) is 0 Å². The van der Waals surface area contributed by atoms with Gasteiger partial charge in [0, 0.05) is 17.6 Å². The van der Waals surface area contributed by atoms with E-state index in [0.29, 0.717) is 30.1 Å². The highest BCUT2D eigenvalue weighted by molar-refractivity contribution is 7.80. The molecule has 6 heteroatoms. The Morgan fingerprint density at radius 2 is 1.41 bits per heavy atom. The Morgan fingerprint density at radius 3 is 1.97 bits per heavy atom. The molecule has 0 spiro atoms. The van der Waals surface area contributed by atoms with Crippen LogP contribution in [-0.4, -0.2) is 29.9 Å². The van der Waals surface area contributed by atoms with E-state index in [2.05, 4.69) is 51.2 Å². The first-order chi connectivity index (χ1) is 13.9. The average Bonchev–Trinajstić information content (AvgIpc) is 2.72. The molecule has 0 unspecified atom stereocenters. The van der Waals surface area contributed by atoms with Gasteiger partial charge in [-0.25, -0.2) is 0 Å². The molecule has 0 radical (unpaired) electrons. The summed E-state index contributed by atoms with van der Waals surface area (Å²) in [5.74, 6) is 1.50. The van der Waals surface area contributed by atoms with Crippen LogP contribution in [0.3, 0.4) is 0 Å². The zero-order valence-corrected chi connectivity index (χ0v) is 18.7. The van der Waals surface area contributed by atoms with E-state index in [-0.39, 0.29) is 30.4 Å². The Balaban J connectivity index is 2.00. The summed E-state index contributed by atoms with van der Waals surface area (Å²) < 4.78 is 10.8. The molecular weight excluding hydrogens is 404 g/mol. The standard InChI is InChI=1S/C23H28O4S2/c1-23(2,18-5-3-17(4-6-18)15-27-22(25)12-14-29)19-7-9-21(10-8-19)26-16-20(24)11-13-28/h3-10,28-29H,11-16H2,1-2H3. The monoisotopic (exact) mass is 432 g/mol. The number of hydrogen-bond donors (Lipinski definition) is 2. The minimum absolute atomic E-state index is 0.0424. The molecule has 4 nitrogen and oxygen atoms in total. The number of carbonyl (C=O) groups excluding carboxylic acids is 2. The lowest BCUT2D eigenvalue weighted by atomic mass is 9.78. The molecule has 0 N–H and O–H groups in total. The van der Waals surface area contributed by atoms with E-state index < -0.39 is 0 Å². The van der Waals surface area contributed by atoms with Gasteiger partial charge < -0.3 is 9.47 Å². The molecule has 0 aliphatic carbocycles. The van der Waals surface area contributed by atoms with Gasteiger partial charge in [0.25, 0.3) is 0 Å². The number of Topliss-reactive ketones (excluding diaryl/α,β-unsaturated/α-hetero) is 1. The van der Waals surface area contributed by atoms with Crippen molar-refractivity contribution in [2.75, 3.05) is 18.1 Å². The van der Waals surface area contributed by atoms with E-state index in [1.165, 1.54) is 0 Å². The van der Waals surface area contributed by atoms with Gasteiger partial charge >= 0.3 is 5.97 Å². The van der Waals surface area contributed by atoms with Crippen molar-refractivity contribution in [2.24, 2.45) is 0 Å². The Labute approximate surface area is 183 Å². The molecule has 0 amide bonds. The molecule has 156 valence electrons. The fraction of sp³-hybridized carbons (Fsp3) is 0.391. The summed E-state index contributed by atoms with van der Waals surface area (Å²) >= 11 is 8.08. The molecule has 0 atom stereocenters. The van der Waals surface area contributed by atoms with Crippen molar-refractivity contribution >= 4 is 37.0 Å². The average molecular weight is 433 g/mol. The molecule has 0 heterocycles. The van der Waals surface area contributed by atoms with Crippen LogP contribution in [0, 0.1) is 0 Å². The van der Waals surface area contributed by atoms with Crippen molar-refractivity contribution in [3.8, 4) is 5.75 Å². The zero-order chi connectivity index (χ0) is 21.3. The molecule has 0 saturated carbocycles. The highest BCUT2D eigenvalue weighted by Crippen LogP contribution is 2.32. The maximum atomic E-state index is 11.6. The maximum absolute atomic E-state index is 11.6. The Hall–Kier alpha value is -1.92. The first kappa shape index (κ1) is 23.4. The van der Waals surface area contributed by atoms with Crippen LogP contribution < -0.4 is 4.74 Å². The van der Waals surface area contributed by atoms with Crippen molar-refractivity contribution in [3.63, 3.8) is 0 Å². The molecule has 0 saturated heterocycles. The first-order valence-electron chi connectivity index (χ1n) is 9.58. The lowest BCUT2D eigenvalue weighted by Crippen LogP contribution is -2.19. The van der Waals surface area contributed by atoms with Crippen molar-refractivity contribution in [3.05, 3.63) is 65.2 Å². The van der Waals surface area contributed by atoms with Crippen molar-refractivity contribution in [2.45, 2.75) is 38.7 Å². The molecule has 0 fully saturated rings. The maximum Gasteiger partial charge on any atom is 0.306 e. The minimum atomic E-state index is -0.237. The number of ketones is 1. The van der Waals surface area contributed by atoms with Crippen molar-refractivity contribution < 1.29 is 19.1 Å². The van der Waals surface area contributed by atoms with Crippen molar-refractivity contribution in [1.82, 2.24) is 0 Å². The van der Waals surface area contributed by atoms with E-state index in [9.17, 15) is 9.59 Å². The number of hydrogen-bond acceptors (Lipinski definition) is 6. The summed E-state index contributed by atoms with van der Waals surface area (Å²) in [4.78, 5) is 23.0. The Bertz CT molecular complexity index is 731. The quantitative estimate of drug-likeness (QED) is 0.401. The SMILES string of the molecule is CC(C)(c1ccc(COC(=O)CCS)cc1)c1ccc(OCC(=O)CCS)cc1. The number of benzene rings is 2. The molecule has 29 heavy (non-hydrogen) atoms. The zero-order valence-electron chi connectivity index (χ0n) is 16.9. The fourth-order valence-corrected chi connectivity index (χ4v) is 3.27. The van der Waals surface area contributed by atoms with Gasteiger partial charge in [-0.1, -0.05) is 50.2 Å². The number of esters is 1. The highest BCUT2D eigenvalue weighted by atomic mass is 32.1. The lowest BCUT2D eigenvalue weighted by molar-refractivity contribution is -0.144. The van der Waals surface area contributed by atoms with Gasteiger partial charge in [-0.15, -0.1) is 0 Å². The van der Waals surface area contributed by atoms with Crippen LogP contribution in [0.2, 0.25) is 0 Å². The molecule has 0 aliphatic rings. The summed E-state index contributed by atoms with van der Waals surface area (Å²) in [6.45, 7) is 4.65. The van der Waals surface area contributed by atoms with Crippen LogP contribution >= 0.6 is 25.3 Å². The third kappa shape index (κ3) is 7.12. The van der Waals surface area contributed by atoms with Gasteiger partial charge in [0.1, 0.15) is 19.0 Å². The highest BCUT2D eigenvalue weighted by Gasteiger charge is 2.23. The molecule has 0 aliphatic heterocycles. The Kier molecular flexibility index (Phi) is 9.11. The number of rotatable bonds is 11. The van der Waals surface area contributed by atoms with Crippen LogP contribution in [0.1, 0.15) is 43.4 Å². The van der Waals surface area contributed by atoms with Gasteiger partial charge in [-0.3, -0.25) is 9.59 Å². The minimum Gasteiger partial charge on any atom is -0.486 e. The molecule has 0 aromatic heterocycles. The summed E-state index contributed by atoms with van der Waals surface area (Å²) in [5.41, 5.74) is 3.04. The van der Waals surface area contributed by atoms with E-state index in [0.717, 1.165) is 16.7 Å². The lowest BCUT2D eigenvalue weighted by Gasteiger charge is -2.26. The molecule has 2 rings (SSSR count). The summed E-state index contributed by atoms with van der Waals surface area (Å²) in [7, 11) is 0. The van der Waals surface area contributed by atoms with Gasteiger partial charge in [-0.2, -0.15) is 25.3 Å². The van der Waals surface area contributed by atoms with E-state index in [1.54, 1.807) is 0 Å². The van der Waals surface area contributed by atoms with Crippen LogP contribution in [-0.2, 0) is 26.3 Å². The second-order valence-corrected chi connectivity index (χ2v) is 8.18. The third-order valence-corrected chi connectivity index (χ3v) is 5.21. The predicted molar refractivity (Wildman–Crippen MR) is 122 cm³/mol. The Morgan fingerprint density at radius 1 is 0.862 bits per heavy atom. The van der Waals surface area contributed by atoms with E-state index in [1.807, 2.05) is 36.4 Å². The predicted octanol–water partition coefficient (Wildman–Crippen LogP) is 4.64. The molecule has 2 aromatic rings. The number of carbonyl (C=O) groups is 2. The molecular formula is C23H28O4S2. The van der Waals surface area contributed by atoms with Crippen LogP contribution in [0.5, 0.6) is 5.75 Å². The normalized spacial score (nSPS) is 11.2. The van der Waals surface area contributed by atoms with E-state index >= 15 is 0 Å². The fourth-order valence-electron chi connectivity index (χ4n) is 2.84. The number of ether oxygens (including phenoxy) is 2. The van der Waals surface area contributed by atoms with Crippen LogP contribution in [0.4, 0.5) is 0 Å². The first-order valence-corrected chi connectivity index (χ1v) is 10.8. The van der Waals surface area contributed by atoms with Crippen molar-refractivity contribution in [1.29, 1.82) is 0 Å². The van der Waals surface area contributed by atoms with Gasteiger partial charge in [0.05, 0.1) is 6.42 Å². The largest absolute Gasteiger partial charge is 0.486 e. The number of thiol groups is 2. The van der Waals surface area contributed by atoms with E-state index in [4.69, 9.17) is 9.47 Å². The summed E-state index contributed by atoms with van der Waals surface area (Å²) in [5, 5.41) is 0. The smallest absolute Gasteiger partial charge is 0.306 e. The van der Waals surface area contributed by atoms with Crippen LogP contribution in [0.25, 0.3) is 0 Å². The van der Waals surface area contributed by atoms with Gasteiger partial charge in [-0.05, 0) is 34.6 Å². The van der Waals surface area contributed by atoms with Crippen LogP contribution in [0.15, 0.2) is 48.5 Å². The second kappa shape index (κ2) is 11.3. The molecule has 0 bridgehead atoms. The second-order valence-electron chi connectivity index (χ2n) is 7.28. The van der Waals surface area contributed by atoms with Gasteiger partial charge in [0.15, 0.2) is 5.78 Å². The molecule has 2 aromatic carbocycles. The summed E-state index contributed by atoms with van der Waals surface area (Å²) in [6, 6.07) is 15.9.